The van der Waals surface area contributed by atoms with E-state index in [9.17, 15) is 21.6 Å². The van der Waals surface area contributed by atoms with Crippen molar-refractivity contribution in [3.8, 4) is 5.75 Å². The molecule has 0 radical (unpaired) electrons. The molecule has 39 heavy (non-hydrogen) atoms. The van der Waals surface area contributed by atoms with Gasteiger partial charge in [-0.2, -0.15) is 4.98 Å². The van der Waals surface area contributed by atoms with Gasteiger partial charge in [-0.25, -0.2) is 18.1 Å². The zero-order valence-corrected chi connectivity index (χ0v) is 23.2. The third kappa shape index (κ3) is 8.16. The van der Waals surface area contributed by atoms with Crippen LogP contribution in [0.25, 0.3) is 10.9 Å². The van der Waals surface area contributed by atoms with Gasteiger partial charge in [0, 0.05) is 29.5 Å². The fraction of sp³-hybridized carbons (Fsp3) is 0.440. The summed E-state index contributed by atoms with van der Waals surface area (Å²) in [5, 5.41) is 16.4. The SMILES string of the molecule is O=S(=O)(NCC1CCC(CNc2nc(NCCO)c3ccccc3n2)CC1)c1ccc(Br)cc1OC(F)(F)F. The first kappa shape index (κ1) is 29.3. The molecular weight excluding hydrogens is 603 g/mol. The van der Waals surface area contributed by atoms with Crippen LogP contribution >= 0.6 is 15.9 Å². The van der Waals surface area contributed by atoms with Crippen LogP contribution in [0.3, 0.4) is 0 Å². The number of ether oxygens (including phenoxy) is 1. The molecule has 212 valence electrons. The third-order valence-corrected chi connectivity index (χ3v) is 8.46. The van der Waals surface area contributed by atoms with Crippen molar-refractivity contribution < 1.29 is 31.4 Å². The molecule has 2 aromatic carbocycles. The van der Waals surface area contributed by atoms with E-state index in [0.717, 1.165) is 48.7 Å². The standard InChI is InChI=1S/C25H29BrF3N5O4S/c26-18-9-10-22(21(13-18)38-25(27,28)29)39(36,37)32-15-17-7-5-16(6-8-17)14-31-24-33-20-4-2-1-3-19(20)23(34-24)30-11-12-35/h1-4,9-10,13,16-17,32,35H,5-8,11-12,14-15H2,(H2,30,31,33,34). The average Bonchev–Trinajstić information content (AvgIpc) is 2.89. The van der Waals surface area contributed by atoms with Crippen molar-refractivity contribution in [1.82, 2.24) is 14.7 Å². The highest BCUT2D eigenvalue weighted by Gasteiger charge is 2.34. The lowest BCUT2D eigenvalue weighted by molar-refractivity contribution is -0.275. The van der Waals surface area contributed by atoms with Gasteiger partial charge in [-0.15, -0.1) is 13.2 Å². The van der Waals surface area contributed by atoms with Gasteiger partial charge in [0.05, 0.1) is 12.1 Å². The Morgan fingerprint density at radius 1 is 1.00 bits per heavy atom. The average molecular weight is 633 g/mol. The maximum atomic E-state index is 12.8. The van der Waals surface area contributed by atoms with E-state index in [0.29, 0.717) is 30.8 Å². The number of alkyl halides is 3. The largest absolute Gasteiger partial charge is 0.573 e. The molecule has 0 unspecified atom stereocenters. The smallest absolute Gasteiger partial charge is 0.404 e. The fourth-order valence-corrected chi connectivity index (χ4v) is 6.12. The number of aliphatic hydroxyl groups is 1. The van der Waals surface area contributed by atoms with Crippen molar-refractivity contribution in [2.24, 2.45) is 11.8 Å². The van der Waals surface area contributed by atoms with Crippen LogP contribution in [-0.4, -0.2) is 56.1 Å². The molecule has 0 bridgehead atoms. The van der Waals surface area contributed by atoms with Gasteiger partial charge in [0.1, 0.15) is 10.7 Å². The molecule has 1 aromatic heterocycles. The van der Waals surface area contributed by atoms with Crippen LogP contribution in [0.15, 0.2) is 51.8 Å². The summed E-state index contributed by atoms with van der Waals surface area (Å²) in [4.78, 5) is 8.57. The zero-order valence-electron chi connectivity index (χ0n) is 20.8. The van der Waals surface area contributed by atoms with E-state index in [1.54, 1.807) is 0 Å². The van der Waals surface area contributed by atoms with Gasteiger partial charge in [-0.3, -0.25) is 0 Å². The summed E-state index contributed by atoms with van der Waals surface area (Å²) in [5.74, 6) is 0.729. The second kappa shape index (κ2) is 12.7. The quantitative estimate of drug-likeness (QED) is 0.236. The van der Waals surface area contributed by atoms with Crippen molar-refractivity contribution in [3.63, 3.8) is 0 Å². The van der Waals surface area contributed by atoms with Gasteiger partial charge >= 0.3 is 6.36 Å². The van der Waals surface area contributed by atoms with Crippen LogP contribution in [-0.2, 0) is 10.0 Å². The Kier molecular flexibility index (Phi) is 9.51. The molecule has 1 aliphatic carbocycles. The molecule has 0 spiro atoms. The zero-order chi connectivity index (χ0) is 28.0. The Bertz CT molecular complexity index is 1390. The number of para-hydroxylation sites is 1. The summed E-state index contributed by atoms with van der Waals surface area (Å²) in [7, 11) is -4.21. The number of aromatic nitrogens is 2. The highest BCUT2D eigenvalue weighted by atomic mass is 79.9. The molecule has 1 fully saturated rings. The van der Waals surface area contributed by atoms with E-state index in [-0.39, 0.29) is 23.5 Å². The van der Waals surface area contributed by atoms with E-state index in [1.165, 1.54) is 6.07 Å². The number of fused-ring (bicyclic) bond motifs is 1. The number of hydrogen-bond acceptors (Lipinski definition) is 8. The maximum Gasteiger partial charge on any atom is 0.573 e. The number of nitrogens with one attached hydrogen (secondary N) is 3. The molecule has 4 rings (SSSR count). The number of sulfonamides is 1. The number of anilines is 2. The van der Waals surface area contributed by atoms with Gasteiger partial charge in [0.2, 0.25) is 16.0 Å². The van der Waals surface area contributed by atoms with E-state index in [4.69, 9.17) is 5.11 Å². The molecule has 1 saturated carbocycles. The fourth-order valence-electron chi connectivity index (χ4n) is 4.55. The van der Waals surface area contributed by atoms with Gasteiger partial charge in [-0.1, -0.05) is 28.1 Å². The third-order valence-electron chi connectivity index (χ3n) is 6.51. The molecule has 4 N–H and O–H groups in total. The normalized spacial score (nSPS) is 18.2. The number of nitrogens with zero attached hydrogens (tertiary/aromatic N) is 2. The van der Waals surface area contributed by atoms with Crippen LogP contribution in [0.4, 0.5) is 24.9 Å². The van der Waals surface area contributed by atoms with Gasteiger partial charge in [-0.05, 0) is 67.9 Å². The van der Waals surface area contributed by atoms with Crippen LogP contribution in [0.1, 0.15) is 25.7 Å². The Morgan fingerprint density at radius 2 is 1.69 bits per heavy atom. The molecule has 1 aliphatic rings. The highest BCUT2D eigenvalue weighted by Crippen LogP contribution is 2.33. The van der Waals surface area contributed by atoms with Crippen molar-refractivity contribution in [1.29, 1.82) is 0 Å². The second-order valence-corrected chi connectivity index (χ2v) is 12.0. The van der Waals surface area contributed by atoms with Gasteiger partial charge in [0.25, 0.3) is 0 Å². The number of benzene rings is 2. The summed E-state index contributed by atoms with van der Waals surface area (Å²) < 4.78 is 70.6. The van der Waals surface area contributed by atoms with E-state index in [2.05, 4.69) is 46.0 Å². The minimum Gasteiger partial charge on any atom is -0.404 e. The lowest BCUT2D eigenvalue weighted by atomic mass is 9.82. The summed E-state index contributed by atoms with van der Waals surface area (Å²) in [6.45, 7) is 1.11. The van der Waals surface area contributed by atoms with Crippen LogP contribution in [0.5, 0.6) is 5.75 Å². The topological polar surface area (TPSA) is 125 Å². The van der Waals surface area contributed by atoms with E-state index < -0.39 is 27.0 Å². The predicted octanol–water partition coefficient (Wildman–Crippen LogP) is 4.89. The monoisotopic (exact) mass is 631 g/mol. The molecule has 0 amide bonds. The molecule has 9 nitrogen and oxygen atoms in total. The Hall–Kier alpha value is -2.68. The van der Waals surface area contributed by atoms with Crippen LogP contribution in [0, 0.1) is 11.8 Å². The number of halogens is 4. The van der Waals surface area contributed by atoms with Crippen LogP contribution in [0.2, 0.25) is 0 Å². The highest BCUT2D eigenvalue weighted by molar-refractivity contribution is 9.10. The summed E-state index contributed by atoms with van der Waals surface area (Å²) in [6.07, 6.45) is -1.79. The first-order valence-corrected chi connectivity index (χ1v) is 14.7. The number of aliphatic hydroxyl groups excluding tert-OH is 1. The molecule has 3 aromatic rings. The number of hydrogen-bond donors (Lipinski definition) is 4. The molecule has 0 aliphatic heterocycles. The molecular formula is C25H29BrF3N5O4S. The molecule has 1 heterocycles. The minimum atomic E-state index is -5.02. The Balaban J connectivity index is 1.30. The van der Waals surface area contributed by atoms with Gasteiger partial charge in [0.15, 0.2) is 5.75 Å². The van der Waals surface area contributed by atoms with E-state index >= 15 is 0 Å². The summed E-state index contributed by atoms with van der Waals surface area (Å²) in [6, 6.07) is 11.0. The van der Waals surface area contributed by atoms with Gasteiger partial charge < -0.3 is 20.5 Å². The first-order valence-electron chi connectivity index (χ1n) is 12.4. The molecule has 0 saturated heterocycles. The maximum absolute atomic E-state index is 12.8. The molecule has 14 heteroatoms. The molecule has 0 atom stereocenters. The lowest BCUT2D eigenvalue weighted by Crippen LogP contribution is -2.33. The summed E-state index contributed by atoms with van der Waals surface area (Å²) in [5.41, 5.74) is 0.779. The van der Waals surface area contributed by atoms with Crippen molar-refractivity contribution in [2.75, 3.05) is 36.9 Å². The van der Waals surface area contributed by atoms with E-state index in [1.807, 2.05) is 24.3 Å². The minimum absolute atomic E-state index is 0.0217. The second-order valence-electron chi connectivity index (χ2n) is 9.32. The van der Waals surface area contributed by atoms with Crippen molar-refractivity contribution >= 4 is 48.6 Å². The predicted molar refractivity (Wildman–Crippen MR) is 145 cm³/mol. The van der Waals surface area contributed by atoms with Crippen molar-refractivity contribution in [3.05, 3.63) is 46.9 Å². The first-order chi connectivity index (χ1) is 18.5. The Morgan fingerprint density at radius 3 is 2.38 bits per heavy atom. The lowest BCUT2D eigenvalue weighted by Gasteiger charge is -2.28. The van der Waals surface area contributed by atoms with Crippen LogP contribution < -0.4 is 20.1 Å². The summed E-state index contributed by atoms with van der Waals surface area (Å²) >= 11 is 3.04. The van der Waals surface area contributed by atoms with Crippen molar-refractivity contribution in [2.45, 2.75) is 36.9 Å². The Labute approximate surface area is 232 Å². The number of rotatable bonds is 11.